The molecule has 1 fully saturated rings. The number of methoxy groups -OCH3 is 1. The molecule has 5 rings (SSSR count). The zero-order valence-corrected chi connectivity index (χ0v) is 16.9. The number of fused-ring (bicyclic) bond motifs is 1. The first-order valence-electron chi connectivity index (χ1n) is 9.58. The molecule has 1 aliphatic heterocycles. The summed E-state index contributed by atoms with van der Waals surface area (Å²) in [5.41, 5.74) is 1.99. The number of para-hydroxylation sites is 1. The van der Waals surface area contributed by atoms with Crippen molar-refractivity contribution in [1.82, 2.24) is 20.0 Å². The Morgan fingerprint density at radius 1 is 1.00 bits per heavy atom. The second-order valence-electron chi connectivity index (χ2n) is 6.97. The van der Waals surface area contributed by atoms with E-state index in [0.717, 1.165) is 48.1 Å². The maximum atomic E-state index is 5.47. The molecule has 2 aromatic carbocycles. The summed E-state index contributed by atoms with van der Waals surface area (Å²) < 4.78 is 11.9. The lowest BCUT2D eigenvalue weighted by Gasteiger charge is -2.33. The maximum absolute atomic E-state index is 5.47. The predicted octanol–water partition coefficient (Wildman–Crippen LogP) is 3.68. The number of nitrogens with zero attached hydrogens (tertiary/aromatic N) is 5. The van der Waals surface area contributed by atoms with Gasteiger partial charge >= 0.3 is 0 Å². The summed E-state index contributed by atoms with van der Waals surface area (Å²) in [5.74, 6) is 2.06. The van der Waals surface area contributed by atoms with E-state index in [1.54, 1.807) is 18.4 Å². The third-order valence-corrected chi connectivity index (χ3v) is 6.20. The first-order chi connectivity index (χ1) is 14.3. The van der Waals surface area contributed by atoms with Crippen molar-refractivity contribution in [3.05, 3.63) is 54.4 Å². The molecule has 148 valence electrons. The van der Waals surface area contributed by atoms with E-state index in [0.29, 0.717) is 18.3 Å². The molecule has 0 N–H and O–H groups in total. The molecule has 0 amide bonds. The highest BCUT2D eigenvalue weighted by molar-refractivity contribution is 7.22. The van der Waals surface area contributed by atoms with Crippen LogP contribution in [0.4, 0.5) is 5.13 Å². The Balaban J connectivity index is 1.20. The summed E-state index contributed by atoms with van der Waals surface area (Å²) in [6.45, 7) is 4.43. The molecule has 3 heterocycles. The van der Waals surface area contributed by atoms with Crippen molar-refractivity contribution in [3.63, 3.8) is 0 Å². The molecule has 1 saturated heterocycles. The van der Waals surface area contributed by atoms with Crippen molar-refractivity contribution in [3.8, 4) is 17.1 Å². The Morgan fingerprint density at radius 2 is 1.79 bits per heavy atom. The van der Waals surface area contributed by atoms with E-state index in [1.807, 2.05) is 30.3 Å². The minimum Gasteiger partial charge on any atom is -0.497 e. The normalized spacial score (nSPS) is 15.1. The molecule has 29 heavy (non-hydrogen) atoms. The van der Waals surface area contributed by atoms with Gasteiger partial charge in [-0.25, -0.2) is 4.98 Å². The number of anilines is 1. The quantitative estimate of drug-likeness (QED) is 0.500. The molecule has 0 radical (unpaired) electrons. The van der Waals surface area contributed by atoms with Crippen molar-refractivity contribution in [2.24, 2.45) is 0 Å². The molecule has 4 aromatic rings. The first-order valence-corrected chi connectivity index (χ1v) is 10.4. The zero-order chi connectivity index (χ0) is 19.6. The predicted molar refractivity (Wildman–Crippen MR) is 113 cm³/mol. The largest absolute Gasteiger partial charge is 0.497 e. The van der Waals surface area contributed by atoms with Crippen LogP contribution in [0.25, 0.3) is 21.6 Å². The van der Waals surface area contributed by atoms with E-state index < -0.39 is 0 Å². The van der Waals surface area contributed by atoms with Crippen molar-refractivity contribution in [1.29, 1.82) is 0 Å². The van der Waals surface area contributed by atoms with Gasteiger partial charge in [-0.1, -0.05) is 28.6 Å². The molecular weight excluding hydrogens is 386 g/mol. The van der Waals surface area contributed by atoms with Crippen LogP contribution in [0.3, 0.4) is 0 Å². The van der Waals surface area contributed by atoms with Gasteiger partial charge in [-0.05, 0) is 36.4 Å². The van der Waals surface area contributed by atoms with Crippen LogP contribution >= 0.6 is 11.3 Å². The van der Waals surface area contributed by atoms with Crippen molar-refractivity contribution < 1.29 is 9.26 Å². The van der Waals surface area contributed by atoms with Crippen LogP contribution < -0.4 is 9.64 Å². The van der Waals surface area contributed by atoms with Crippen molar-refractivity contribution in [2.45, 2.75) is 6.54 Å². The van der Waals surface area contributed by atoms with Gasteiger partial charge in [0.1, 0.15) is 5.75 Å². The molecule has 0 unspecified atom stereocenters. The number of benzene rings is 2. The number of rotatable bonds is 5. The van der Waals surface area contributed by atoms with Gasteiger partial charge in [0.15, 0.2) is 5.13 Å². The summed E-state index contributed by atoms with van der Waals surface area (Å²) in [5, 5.41) is 5.22. The molecule has 8 heteroatoms. The number of aromatic nitrogens is 3. The van der Waals surface area contributed by atoms with Gasteiger partial charge in [0.2, 0.25) is 11.7 Å². The minimum absolute atomic E-state index is 0.607. The highest BCUT2D eigenvalue weighted by atomic mass is 32.1. The average Bonchev–Trinajstić information content (AvgIpc) is 3.41. The number of hydrogen-bond donors (Lipinski definition) is 0. The number of piperazine rings is 1. The SMILES string of the molecule is COc1ccc(-c2noc(CN3CCN(c4nc5ccccc5s4)CC3)n2)cc1. The third kappa shape index (κ3) is 3.81. The Morgan fingerprint density at radius 3 is 2.55 bits per heavy atom. The van der Waals surface area contributed by atoms with Crippen LogP contribution in [0.2, 0.25) is 0 Å². The highest BCUT2D eigenvalue weighted by Gasteiger charge is 2.21. The van der Waals surface area contributed by atoms with E-state index in [9.17, 15) is 0 Å². The molecule has 0 aliphatic carbocycles. The van der Waals surface area contributed by atoms with Gasteiger partial charge in [-0.3, -0.25) is 4.90 Å². The van der Waals surface area contributed by atoms with Gasteiger partial charge in [0.25, 0.3) is 0 Å². The topological polar surface area (TPSA) is 67.5 Å². The van der Waals surface area contributed by atoms with Gasteiger partial charge in [-0.15, -0.1) is 0 Å². The lowest BCUT2D eigenvalue weighted by Crippen LogP contribution is -2.46. The van der Waals surface area contributed by atoms with Crippen LogP contribution in [0.5, 0.6) is 5.75 Å². The summed E-state index contributed by atoms with van der Waals surface area (Å²) in [4.78, 5) is 14.0. The molecule has 0 spiro atoms. The van der Waals surface area contributed by atoms with Crippen LogP contribution in [0.15, 0.2) is 53.1 Å². The maximum Gasteiger partial charge on any atom is 0.241 e. The molecule has 7 nitrogen and oxygen atoms in total. The van der Waals surface area contributed by atoms with Gasteiger partial charge in [0, 0.05) is 31.7 Å². The van der Waals surface area contributed by atoms with Crippen LogP contribution in [-0.4, -0.2) is 53.3 Å². The van der Waals surface area contributed by atoms with Crippen LogP contribution in [-0.2, 0) is 6.54 Å². The van der Waals surface area contributed by atoms with Gasteiger partial charge in [0.05, 0.1) is 23.9 Å². The van der Waals surface area contributed by atoms with E-state index in [1.165, 1.54) is 4.70 Å². The van der Waals surface area contributed by atoms with Gasteiger partial charge in [-0.2, -0.15) is 4.98 Å². The Labute approximate surface area is 172 Å². The summed E-state index contributed by atoms with van der Waals surface area (Å²) in [6.07, 6.45) is 0. The highest BCUT2D eigenvalue weighted by Crippen LogP contribution is 2.29. The molecule has 1 aliphatic rings. The lowest BCUT2D eigenvalue weighted by molar-refractivity contribution is 0.215. The fourth-order valence-electron chi connectivity index (χ4n) is 3.46. The smallest absolute Gasteiger partial charge is 0.241 e. The third-order valence-electron chi connectivity index (χ3n) is 5.10. The molecule has 0 saturated carbocycles. The van der Waals surface area contributed by atoms with E-state index >= 15 is 0 Å². The number of ether oxygens (including phenoxy) is 1. The zero-order valence-electron chi connectivity index (χ0n) is 16.1. The summed E-state index contributed by atoms with van der Waals surface area (Å²) in [7, 11) is 1.65. The van der Waals surface area contributed by atoms with Crippen LogP contribution in [0, 0.1) is 0 Å². The second kappa shape index (κ2) is 7.81. The Bertz CT molecular complexity index is 1070. The van der Waals surface area contributed by atoms with E-state index in [2.05, 4.69) is 38.1 Å². The molecule has 0 atom stereocenters. The second-order valence-corrected chi connectivity index (χ2v) is 7.98. The standard InChI is InChI=1S/C21H21N5O2S/c1-27-16-8-6-15(7-9-16)20-23-19(28-24-20)14-25-10-12-26(13-11-25)21-22-17-4-2-3-5-18(17)29-21/h2-9H,10-14H2,1H3. The summed E-state index contributed by atoms with van der Waals surface area (Å²) >= 11 is 1.76. The Hall–Kier alpha value is -2.97. The van der Waals surface area contributed by atoms with Crippen molar-refractivity contribution in [2.75, 3.05) is 38.2 Å². The number of thiazole rings is 1. The Kier molecular flexibility index (Phi) is 4.87. The first kappa shape index (κ1) is 18.1. The molecular formula is C21H21N5O2S. The van der Waals surface area contributed by atoms with E-state index in [4.69, 9.17) is 14.2 Å². The minimum atomic E-state index is 0.607. The monoisotopic (exact) mass is 407 g/mol. The van der Waals surface area contributed by atoms with Gasteiger partial charge < -0.3 is 14.2 Å². The fourth-order valence-corrected chi connectivity index (χ4v) is 4.48. The van der Waals surface area contributed by atoms with E-state index in [-0.39, 0.29) is 0 Å². The van der Waals surface area contributed by atoms with Crippen molar-refractivity contribution >= 4 is 26.7 Å². The average molecular weight is 407 g/mol. The molecule has 0 bridgehead atoms. The van der Waals surface area contributed by atoms with Crippen LogP contribution in [0.1, 0.15) is 5.89 Å². The number of hydrogen-bond acceptors (Lipinski definition) is 8. The summed E-state index contributed by atoms with van der Waals surface area (Å²) in [6, 6.07) is 16.0. The fraction of sp³-hybridized carbons (Fsp3) is 0.286. The molecule has 2 aromatic heterocycles. The lowest BCUT2D eigenvalue weighted by atomic mass is 10.2.